The second-order valence-corrected chi connectivity index (χ2v) is 7.40. The average molecular weight is 415 g/mol. The maximum absolute atomic E-state index is 4.65. The lowest BCUT2D eigenvalue weighted by molar-refractivity contribution is 0.551. The van der Waals surface area contributed by atoms with Crippen LogP contribution in [0.25, 0.3) is 5.69 Å². The van der Waals surface area contributed by atoms with Crippen molar-refractivity contribution < 1.29 is 0 Å². The molecule has 0 saturated heterocycles. The first-order valence-corrected chi connectivity index (χ1v) is 8.70. The topological polar surface area (TPSA) is 29.9 Å². The number of hydrogen-bond donors (Lipinski definition) is 1. The molecule has 1 aromatic heterocycles. The van der Waals surface area contributed by atoms with Gasteiger partial charge in [0.15, 0.2) is 0 Å². The summed E-state index contributed by atoms with van der Waals surface area (Å²) in [6, 6.07) is 6.35. The number of halogens is 2. The van der Waals surface area contributed by atoms with E-state index in [0.29, 0.717) is 5.92 Å². The summed E-state index contributed by atoms with van der Waals surface area (Å²) in [5.41, 5.74) is 4.49. The van der Waals surface area contributed by atoms with Crippen LogP contribution in [0.15, 0.2) is 27.1 Å². The highest BCUT2D eigenvalue weighted by Gasteiger charge is 2.13. The predicted octanol–water partition coefficient (Wildman–Crippen LogP) is 4.76. The molecule has 0 aliphatic heterocycles. The van der Waals surface area contributed by atoms with Crippen LogP contribution < -0.4 is 5.32 Å². The van der Waals surface area contributed by atoms with Crippen LogP contribution in [-0.2, 0) is 6.54 Å². The molecule has 1 heterocycles. The first-order chi connectivity index (χ1) is 9.90. The fourth-order valence-corrected chi connectivity index (χ4v) is 2.83. The Morgan fingerprint density at radius 1 is 1.24 bits per heavy atom. The molecular weight excluding hydrogens is 394 g/mol. The van der Waals surface area contributed by atoms with Crippen LogP contribution in [-0.4, -0.2) is 16.3 Å². The molecule has 0 fully saturated rings. The van der Waals surface area contributed by atoms with Gasteiger partial charge in [-0.3, -0.25) is 0 Å². The third-order valence-electron chi connectivity index (χ3n) is 3.35. The molecule has 1 N–H and O–H groups in total. The van der Waals surface area contributed by atoms with Gasteiger partial charge >= 0.3 is 0 Å². The molecule has 1 aromatic carbocycles. The van der Waals surface area contributed by atoms with Gasteiger partial charge in [-0.25, -0.2) is 4.68 Å². The number of aromatic nitrogens is 2. The Labute approximate surface area is 143 Å². The normalized spacial score (nSPS) is 11.4. The lowest BCUT2D eigenvalue weighted by atomic mass is 10.1. The Hall–Kier alpha value is -0.650. The van der Waals surface area contributed by atoms with Crippen molar-refractivity contribution in [2.24, 2.45) is 5.92 Å². The zero-order valence-corrected chi connectivity index (χ0v) is 16.0. The zero-order valence-electron chi connectivity index (χ0n) is 12.9. The van der Waals surface area contributed by atoms with E-state index in [4.69, 9.17) is 0 Å². The standard InChI is InChI=1S/C16H21Br2N3/c1-10(2)8-19-9-13-5-6-14(17)7-15(13)21-12(4)16(18)11(3)20-21/h5-7,10,19H,8-9H2,1-4H3. The van der Waals surface area contributed by atoms with Gasteiger partial charge in [-0.05, 0) is 59.9 Å². The van der Waals surface area contributed by atoms with E-state index in [9.17, 15) is 0 Å². The number of nitrogens with one attached hydrogen (secondary N) is 1. The van der Waals surface area contributed by atoms with E-state index < -0.39 is 0 Å². The molecule has 2 rings (SSSR count). The quantitative estimate of drug-likeness (QED) is 0.764. The van der Waals surface area contributed by atoms with E-state index >= 15 is 0 Å². The molecule has 5 heteroatoms. The van der Waals surface area contributed by atoms with Gasteiger partial charge in [0, 0.05) is 11.0 Å². The second-order valence-electron chi connectivity index (χ2n) is 5.69. The lowest BCUT2D eigenvalue weighted by Gasteiger charge is -2.14. The fraction of sp³-hybridized carbons (Fsp3) is 0.438. The summed E-state index contributed by atoms with van der Waals surface area (Å²) in [7, 11) is 0. The predicted molar refractivity (Wildman–Crippen MR) is 95.0 cm³/mol. The third-order valence-corrected chi connectivity index (χ3v) is 4.99. The third kappa shape index (κ3) is 3.96. The average Bonchev–Trinajstić information content (AvgIpc) is 2.68. The van der Waals surface area contributed by atoms with Gasteiger partial charge in [-0.2, -0.15) is 5.10 Å². The van der Waals surface area contributed by atoms with E-state index in [0.717, 1.165) is 39.1 Å². The van der Waals surface area contributed by atoms with Gasteiger partial charge in [0.2, 0.25) is 0 Å². The van der Waals surface area contributed by atoms with E-state index in [1.165, 1.54) is 5.56 Å². The summed E-state index contributed by atoms with van der Waals surface area (Å²) in [4.78, 5) is 0. The van der Waals surface area contributed by atoms with Gasteiger partial charge in [0.1, 0.15) is 0 Å². The maximum Gasteiger partial charge on any atom is 0.0743 e. The molecule has 0 saturated carbocycles. The minimum absolute atomic E-state index is 0.645. The lowest BCUT2D eigenvalue weighted by Crippen LogP contribution is -2.20. The Kier molecular flexibility index (Phi) is 5.63. The highest BCUT2D eigenvalue weighted by molar-refractivity contribution is 9.10. The highest BCUT2D eigenvalue weighted by Crippen LogP contribution is 2.26. The SMILES string of the molecule is Cc1nn(-c2cc(Br)ccc2CNCC(C)C)c(C)c1Br. The molecule has 0 aliphatic carbocycles. The molecule has 2 aromatic rings. The van der Waals surface area contributed by atoms with E-state index in [1.54, 1.807) is 0 Å². The molecule has 0 radical (unpaired) electrons. The van der Waals surface area contributed by atoms with Crippen LogP contribution >= 0.6 is 31.9 Å². The van der Waals surface area contributed by atoms with Crippen LogP contribution in [0.2, 0.25) is 0 Å². The molecule has 0 amide bonds. The van der Waals surface area contributed by atoms with Crippen LogP contribution in [0.5, 0.6) is 0 Å². The van der Waals surface area contributed by atoms with Crippen molar-refractivity contribution in [2.45, 2.75) is 34.2 Å². The van der Waals surface area contributed by atoms with Crippen LogP contribution in [0.3, 0.4) is 0 Å². The van der Waals surface area contributed by atoms with Crippen molar-refractivity contribution in [1.29, 1.82) is 0 Å². The molecule has 114 valence electrons. The summed E-state index contributed by atoms with van der Waals surface area (Å²) in [6.45, 7) is 10.4. The first-order valence-electron chi connectivity index (χ1n) is 7.11. The number of rotatable bonds is 5. The summed E-state index contributed by atoms with van der Waals surface area (Å²) in [6.07, 6.45) is 0. The molecule has 0 unspecified atom stereocenters. The van der Waals surface area contributed by atoms with Crippen LogP contribution in [0.1, 0.15) is 30.8 Å². The molecule has 0 bridgehead atoms. The zero-order chi connectivity index (χ0) is 15.6. The Morgan fingerprint density at radius 3 is 2.52 bits per heavy atom. The van der Waals surface area contributed by atoms with Gasteiger partial charge in [0.05, 0.1) is 21.5 Å². The Morgan fingerprint density at radius 2 is 1.95 bits per heavy atom. The van der Waals surface area contributed by atoms with Gasteiger partial charge in [0.25, 0.3) is 0 Å². The molecule has 0 aliphatic rings. The number of hydrogen-bond acceptors (Lipinski definition) is 2. The first kappa shape index (κ1) is 16.7. The van der Waals surface area contributed by atoms with Crippen molar-refractivity contribution in [3.8, 4) is 5.69 Å². The van der Waals surface area contributed by atoms with Crippen molar-refractivity contribution >= 4 is 31.9 Å². The molecule has 3 nitrogen and oxygen atoms in total. The molecule has 0 spiro atoms. The number of benzene rings is 1. The fourth-order valence-electron chi connectivity index (χ4n) is 2.24. The number of nitrogens with zero attached hydrogens (tertiary/aromatic N) is 2. The Bertz CT molecular complexity index is 633. The molecule has 0 atom stereocenters. The minimum Gasteiger partial charge on any atom is -0.312 e. The van der Waals surface area contributed by atoms with Crippen molar-refractivity contribution in [2.75, 3.05) is 6.54 Å². The van der Waals surface area contributed by atoms with Gasteiger partial charge < -0.3 is 5.32 Å². The van der Waals surface area contributed by atoms with Crippen molar-refractivity contribution in [3.63, 3.8) is 0 Å². The smallest absolute Gasteiger partial charge is 0.0743 e. The molecule has 21 heavy (non-hydrogen) atoms. The largest absolute Gasteiger partial charge is 0.312 e. The van der Waals surface area contributed by atoms with Gasteiger partial charge in [-0.1, -0.05) is 35.8 Å². The minimum atomic E-state index is 0.645. The summed E-state index contributed by atoms with van der Waals surface area (Å²) in [5.74, 6) is 0.645. The Balaban J connectivity index is 2.37. The van der Waals surface area contributed by atoms with E-state index in [1.807, 2.05) is 11.6 Å². The van der Waals surface area contributed by atoms with Crippen molar-refractivity contribution in [1.82, 2.24) is 15.1 Å². The van der Waals surface area contributed by atoms with Crippen molar-refractivity contribution in [3.05, 3.63) is 44.1 Å². The summed E-state index contributed by atoms with van der Waals surface area (Å²) in [5, 5.41) is 8.15. The summed E-state index contributed by atoms with van der Waals surface area (Å²) >= 11 is 7.16. The molecular formula is C16H21Br2N3. The number of aryl methyl sites for hydroxylation is 1. The van der Waals surface area contributed by atoms with Gasteiger partial charge in [-0.15, -0.1) is 0 Å². The van der Waals surface area contributed by atoms with Crippen LogP contribution in [0, 0.1) is 19.8 Å². The maximum atomic E-state index is 4.65. The second kappa shape index (κ2) is 7.07. The van der Waals surface area contributed by atoms with Crippen LogP contribution in [0.4, 0.5) is 0 Å². The monoisotopic (exact) mass is 413 g/mol. The van der Waals surface area contributed by atoms with E-state index in [-0.39, 0.29) is 0 Å². The highest BCUT2D eigenvalue weighted by atomic mass is 79.9. The summed E-state index contributed by atoms with van der Waals surface area (Å²) < 4.78 is 4.15. The van der Waals surface area contributed by atoms with E-state index in [2.05, 4.69) is 81.2 Å².